The van der Waals surface area contributed by atoms with Crippen molar-refractivity contribution in [3.05, 3.63) is 29.3 Å². The maximum Gasteiger partial charge on any atom is 0.273 e. The number of amides is 1. The fraction of sp³-hybridized carbons (Fsp3) is 0.474. The molecule has 0 bridgehead atoms. The highest BCUT2D eigenvalue weighted by Gasteiger charge is 2.38. The van der Waals surface area contributed by atoms with E-state index in [9.17, 15) is 4.79 Å². The number of carbonyl (C=O) groups excluding carboxylic acids is 1. The minimum Gasteiger partial charge on any atom is -0.454 e. The number of nitrogens with one attached hydrogen (secondary N) is 1. The van der Waals surface area contributed by atoms with Crippen molar-refractivity contribution in [2.24, 2.45) is 5.41 Å². The van der Waals surface area contributed by atoms with Gasteiger partial charge in [-0.3, -0.25) is 4.79 Å². The van der Waals surface area contributed by atoms with Crippen molar-refractivity contribution < 1.29 is 14.3 Å². The van der Waals surface area contributed by atoms with Gasteiger partial charge in [-0.2, -0.15) is 0 Å². The molecule has 1 aromatic heterocycles. The highest BCUT2D eigenvalue weighted by atomic mass is 32.1. The average Bonchev–Trinajstić information content (AvgIpc) is 3.42. The van der Waals surface area contributed by atoms with Crippen LogP contribution in [0.15, 0.2) is 23.6 Å². The number of benzene rings is 1. The zero-order chi connectivity index (χ0) is 17.6. The molecule has 0 aliphatic carbocycles. The number of nitrogens with zero attached hydrogens (tertiary/aromatic N) is 2. The fourth-order valence-electron chi connectivity index (χ4n) is 4.10. The van der Waals surface area contributed by atoms with Gasteiger partial charge in [0.2, 0.25) is 6.79 Å². The number of rotatable bonds is 2. The second kappa shape index (κ2) is 6.25. The van der Waals surface area contributed by atoms with Gasteiger partial charge in [0.15, 0.2) is 11.5 Å². The van der Waals surface area contributed by atoms with Crippen molar-refractivity contribution in [3.8, 4) is 22.1 Å². The number of likely N-dealkylation sites (tertiary alicyclic amines) is 1. The summed E-state index contributed by atoms with van der Waals surface area (Å²) in [6.45, 7) is 4.13. The molecular formula is C19H21N3O3S. The van der Waals surface area contributed by atoms with Gasteiger partial charge in [-0.1, -0.05) is 0 Å². The molecule has 0 saturated carbocycles. The molecule has 0 atom stereocenters. The van der Waals surface area contributed by atoms with Crippen molar-refractivity contribution >= 4 is 17.2 Å². The summed E-state index contributed by atoms with van der Waals surface area (Å²) < 4.78 is 10.8. The number of aromatic nitrogens is 1. The predicted molar refractivity (Wildman–Crippen MR) is 98.7 cm³/mol. The van der Waals surface area contributed by atoms with Crippen LogP contribution >= 0.6 is 11.3 Å². The lowest BCUT2D eigenvalue weighted by molar-refractivity contribution is 0.0603. The van der Waals surface area contributed by atoms with Gasteiger partial charge in [0.25, 0.3) is 5.91 Å². The Labute approximate surface area is 156 Å². The smallest absolute Gasteiger partial charge is 0.273 e. The first-order valence-corrected chi connectivity index (χ1v) is 9.96. The molecule has 1 spiro atoms. The first kappa shape index (κ1) is 16.1. The molecule has 3 aliphatic rings. The number of ether oxygens (including phenoxy) is 2. The summed E-state index contributed by atoms with van der Waals surface area (Å²) >= 11 is 1.49. The van der Waals surface area contributed by atoms with Crippen molar-refractivity contribution in [1.82, 2.24) is 15.2 Å². The molecule has 0 unspecified atom stereocenters. The fourth-order valence-corrected chi connectivity index (χ4v) is 4.89. The molecule has 0 radical (unpaired) electrons. The Morgan fingerprint density at radius 2 is 2.04 bits per heavy atom. The minimum atomic E-state index is 0.0500. The summed E-state index contributed by atoms with van der Waals surface area (Å²) in [5, 5.41) is 6.16. The molecule has 7 heteroatoms. The molecule has 1 amide bonds. The van der Waals surface area contributed by atoms with Crippen LogP contribution < -0.4 is 14.8 Å². The highest BCUT2D eigenvalue weighted by Crippen LogP contribution is 2.38. The molecule has 3 aliphatic heterocycles. The molecule has 1 N–H and O–H groups in total. The van der Waals surface area contributed by atoms with E-state index in [-0.39, 0.29) is 12.7 Å². The number of piperidine rings is 1. The molecule has 2 fully saturated rings. The van der Waals surface area contributed by atoms with E-state index in [0.717, 1.165) is 61.1 Å². The number of fused-ring (bicyclic) bond motifs is 1. The molecule has 1 aromatic carbocycles. The van der Waals surface area contributed by atoms with Crippen LogP contribution in [0.1, 0.15) is 29.8 Å². The van der Waals surface area contributed by atoms with Gasteiger partial charge in [0, 0.05) is 30.6 Å². The molecule has 4 heterocycles. The van der Waals surface area contributed by atoms with Crippen LogP contribution in [0.4, 0.5) is 0 Å². The van der Waals surface area contributed by atoms with Crippen molar-refractivity contribution in [3.63, 3.8) is 0 Å². The van der Waals surface area contributed by atoms with Gasteiger partial charge < -0.3 is 19.7 Å². The van der Waals surface area contributed by atoms with Crippen LogP contribution in [0, 0.1) is 5.41 Å². The zero-order valence-corrected chi connectivity index (χ0v) is 15.3. The largest absolute Gasteiger partial charge is 0.454 e. The number of carbonyl (C=O) groups is 1. The number of thiazole rings is 1. The Bertz CT molecular complexity index is 834. The van der Waals surface area contributed by atoms with E-state index in [2.05, 4.69) is 10.3 Å². The second-order valence-electron chi connectivity index (χ2n) is 7.32. The van der Waals surface area contributed by atoms with E-state index >= 15 is 0 Å². The lowest BCUT2D eigenvalue weighted by atomic mass is 9.78. The minimum absolute atomic E-state index is 0.0500. The molecule has 26 heavy (non-hydrogen) atoms. The monoisotopic (exact) mass is 371 g/mol. The quantitative estimate of drug-likeness (QED) is 0.879. The van der Waals surface area contributed by atoms with Crippen molar-refractivity contribution in [2.45, 2.75) is 19.3 Å². The molecule has 2 aromatic rings. The van der Waals surface area contributed by atoms with E-state index in [0.29, 0.717) is 11.1 Å². The van der Waals surface area contributed by atoms with Crippen LogP contribution in [-0.4, -0.2) is 48.8 Å². The standard InChI is InChI=1S/C19H21N3O3S/c23-18(22-7-4-19(5-8-22)3-6-20-11-19)14-10-26-17(21-14)13-1-2-15-16(9-13)25-12-24-15/h1-2,9-10,20H,3-8,11-12H2. The summed E-state index contributed by atoms with van der Waals surface area (Å²) in [6, 6.07) is 5.77. The predicted octanol–water partition coefficient (Wildman–Crippen LogP) is 2.75. The van der Waals surface area contributed by atoms with E-state index in [1.807, 2.05) is 28.5 Å². The summed E-state index contributed by atoms with van der Waals surface area (Å²) in [7, 11) is 0. The lowest BCUT2D eigenvalue weighted by Gasteiger charge is -2.38. The molecule has 2 saturated heterocycles. The van der Waals surface area contributed by atoms with Crippen LogP contribution in [0.2, 0.25) is 0 Å². The Hall–Kier alpha value is -2.12. The third kappa shape index (κ3) is 2.75. The van der Waals surface area contributed by atoms with Gasteiger partial charge >= 0.3 is 0 Å². The van der Waals surface area contributed by atoms with E-state index in [1.165, 1.54) is 17.8 Å². The normalized spacial score (nSPS) is 20.7. The summed E-state index contributed by atoms with van der Waals surface area (Å²) in [5.74, 6) is 1.54. The lowest BCUT2D eigenvalue weighted by Crippen LogP contribution is -2.44. The summed E-state index contributed by atoms with van der Waals surface area (Å²) in [6.07, 6.45) is 3.41. The molecule has 5 rings (SSSR count). The summed E-state index contributed by atoms with van der Waals surface area (Å²) in [5.41, 5.74) is 1.91. The van der Waals surface area contributed by atoms with Crippen LogP contribution in [0.3, 0.4) is 0 Å². The van der Waals surface area contributed by atoms with Gasteiger partial charge in [-0.25, -0.2) is 4.98 Å². The Balaban J connectivity index is 1.30. The van der Waals surface area contributed by atoms with Crippen molar-refractivity contribution in [1.29, 1.82) is 0 Å². The van der Waals surface area contributed by atoms with Crippen LogP contribution in [-0.2, 0) is 0 Å². The van der Waals surface area contributed by atoms with E-state index < -0.39 is 0 Å². The SMILES string of the molecule is O=C(c1csc(-c2ccc3c(c2)OCO3)n1)N1CCC2(CCNC2)CC1. The third-order valence-corrected chi connectivity index (χ3v) is 6.68. The highest BCUT2D eigenvalue weighted by molar-refractivity contribution is 7.13. The van der Waals surface area contributed by atoms with Gasteiger partial charge in [-0.15, -0.1) is 11.3 Å². The topological polar surface area (TPSA) is 63.7 Å². The maximum absolute atomic E-state index is 12.8. The first-order chi connectivity index (χ1) is 12.7. The Kier molecular flexibility index (Phi) is 3.86. The zero-order valence-electron chi connectivity index (χ0n) is 14.5. The number of hydrogen-bond donors (Lipinski definition) is 1. The Morgan fingerprint density at radius 1 is 1.19 bits per heavy atom. The van der Waals surface area contributed by atoms with E-state index in [1.54, 1.807) is 0 Å². The first-order valence-electron chi connectivity index (χ1n) is 9.08. The maximum atomic E-state index is 12.8. The van der Waals surface area contributed by atoms with Crippen LogP contribution in [0.5, 0.6) is 11.5 Å². The summed E-state index contributed by atoms with van der Waals surface area (Å²) in [4.78, 5) is 19.4. The van der Waals surface area contributed by atoms with Gasteiger partial charge in [0.1, 0.15) is 10.7 Å². The second-order valence-corrected chi connectivity index (χ2v) is 8.18. The average molecular weight is 371 g/mol. The number of hydrogen-bond acceptors (Lipinski definition) is 6. The molecular weight excluding hydrogens is 350 g/mol. The molecule has 6 nitrogen and oxygen atoms in total. The Morgan fingerprint density at radius 3 is 2.85 bits per heavy atom. The van der Waals surface area contributed by atoms with Gasteiger partial charge in [0.05, 0.1) is 0 Å². The molecule has 136 valence electrons. The van der Waals surface area contributed by atoms with Crippen LogP contribution in [0.25, 0.3) is 10.6 Å². The van der Waals surface area contributed by atoms with Crippen molar-refractivity contribution in [2.75, 3.05) is 33.0 Å². The van der Waals surface area contributed by atoms with E-state index in [4.69, 9.17) is 9.47 Å². The third-order valence-electron chi connectivity index (χ3n) is 5.79. The van der Waals surface area contributed by atoms with Gasteiger partial charge in [-0.05, 0) is 49.4 Å².